The lowest BCUT2D eigenvalue weighted by atomic mass is 10.2. The van der Waals surface area contributed by atoms with Gasteiger partial charge in [-0.05, 0) is 18.2 Å². The third-order valence-electron chi connectivity index (χ3n) is 2.60. The average molecular weight is 358 g/mol. The van der Waals surface area contributed by atoms with E-state index in [9.17, 15) is 9.59 Å². The predicted molar refractivity (Wildman–Crippen MR) is 84.2 cm³/mol. The van der Waals surface area contributed by atoms with E-state index in [2.05, 4.69) is 31.9 Å². The number of carbonyl (C=O) groups excluding carboxylic acids is 2. The Labute approximate surface area is 132 Å². The molecule has 0 unspecified atom stereocenters. The number of carbonyl (C=O) groups is 2. The minimum atomic E-state index is -0.273. The lowest BCUT2D eigenvalue weighted by molar-refractivity contribution is -0.120. The van der Waals surface area contributed by atoms with Gasteiger partial charge in [-0.2, -0.15) is 0 Å². The van der Waals surface area contributed by atoms with Gasteiger partial charge in [0, 0.05) is 36.8 Å². The number of nitrogens with one attached hydrogen (secondary N) is 3. The van der Waals surface area contributed by atoms with Crippen LogP contribution in [0.2, 0.25) is 0 Å². The fraction of sp³-hybridized carbons (Fsp3) is 0.429. The third kappa shape index (κ3) is 7.79. The van der Waals surface area contributed by atoms with Crippen LogP contribution in [0.3, 0.4) is 0 Å². The van der Waals surface area contributed by atoms with Crippen LogP contribution in [0.4, 0.5) is 0 Å². The number of hydrogen-bond acceptors (Lipinski definition) is 4. The van der Waals surface area contributed by atoms with Crippen LogP contribution in [0.25, 0.3) is 0 Å². The number of benzene rings is 1. The number of methoxy groups -OCH3 is 1. The zero-order chi connectivity index (χ0) is 15.5. The standard InChI is InChI=1S/C14H20BrN3O3/c1-21-8-7-16-5-6-17-13(19)10-18-14(20)11-3-2-4-12(15)9-11/h2-4,9,16H,5-8,10H2,1H3,(H,17,19)(H,18,20). The highest BCUT2D eigenvalue weighted by Gasteiger charge is 2.07. The average Bonchev–Trinajstić information content (AvgIpc) is 2.48. The maximum Gasteiger partial charge on any atom is 0.251 e. The Morgan fingerprint density at radius 1 is 1.19 bits per heavy atom. The first kappa shape index (κ1) is 17.6. The lowest BCUT2D eigenvalue weighted by Gasteiger charge is -2.08. The maximum atomic E-state index is 11.8. The molecule has 2 amide bonds. The number of ether oxygens (including phenoxy) is 1. The number of rotatable bonds is 9. The van der Waals surface area contributed by atoms with Crippen molar-refractivity contribution < 1.29 is 14.3 Å². The number of hydrogen-bond donors (Lipinski definition) is 3. The van der Waals surface area contributed by atoms with E-state index >= 15 is 0 Å². The molecule has 3 N–H and O–H groups in total. The van der Waals surface area contributed by atoms with E-state index in [1.54, 1.807) is 25.3 Å². The van der Waals surface area contributed by atoms with Crippen LogP contribution in [0, 0.1) is 0 Å². The quantitative estimate of drug-likeness (QED) is 0.563. The molecule has 6 nitrogen and oxygen atoms in total. The molecule has 0 fully saturated rings. The normalized spacial score (nSPS) is 10.2. The minimum Gasteiger partial charge on any atom is -0.383 e. The molecule has 0 aliphatic heterocycles. The Hall–Kier alpha value is -1.44. The first-order valence-electron chi connectivity index (χ1n) is 6.63. The van der Waals surface area contributed by atoms with Gasteiger partial charge in [0.25, 0.3) is 5.91 Å². The third-order valence-corrected chi connectivity index (χ3v) is 3.10. The smallest absolute Gasteiger partial charge is 0.251 e. The largest absolute Gasteiger partial charge is 0.383 e. The SMILES string of the molecule is COCCNCCNC(=O)CNC(=O)c1cccc(Br)c1. The zero-order valence-electron chi connectivity index (χ0n) is 11.9. The van der Waals surface area contributed by atoms with Crippen molar-refractivity contribution in [2.24, 2.45) is 0 Å². The summed E-state index contributed by atoms with van der Waals surface area (Å²) in [5.41, 5.74) is 0.512. The van der Waals surface area contributed by atoms with E-state index in [1.807, 2.05) is 6.07 Å². The van der Waals surface area contributed by atoms with Crippen LogP contribution in [-0.4, -0.2) is 51.7 Å². The Morgan fingerprint density at radius 3 is 2.71 bits per heavy atom. The second-order valence-electron chi connectivity index (χ2n) is 4.29. The van der Waals surface area contributed by atoms with Crippen molar-refractivity contribution in [2.75, 3.05) is 39.9 Å². The van der Waals surface area contributed by atoms with Crippen molar-refractivity contribution in [1.29, 1.82) is 0 Å². The summed E-state index contributed by atoms with van der Waals surface area (Å²) in [6.45, 7) is 2.51. The Kier molecular flexibility index (Phi) is 8.65. The Balaban J connectivity index is 2.16. The monoisotopic (exact) mass is 357 g/mol. The molecule has 0 heterocycles. The highest BCUT2D eigenvalue weighted by Crippen LogP contribution is 2.11. The summed E-state index contributed by atoms with van der Waals surface area (Å²) in [6.07, 6.45) is 0. The predicted octanol–water partition coefficient (Wildman–Crippen LogP) is 0.531. The molecule has 116 valence electrons. The van der Waals surface area contributed by atoms with Crippen molar-refractivity contribution in [3.8, 4) is 0 Å². The molecule has 0 bridgehead atoms. The van der Waals surface area contributed by atoms with Crippen LogP contribution in [0.5, 0.6) is 0 Å². The van der Waals surface area contributed by atoms with E-state index in [1.165, 1.54) is 0 Å². The molecule has 0 saturated heterocycles. The molecular formula is C14H20BrN3O3. The van der Waals surface area contributed by atoms with Crippen molar-refractivity contribution in [2.45, 2.75) is 0 Å². The van der Waals surface area contributed by atoms with Crippen molar-refractivity contribution in [3.05, 3.63) is 34.3 Å². The van der Waals surface area contributed by atoms with Crippen LogP contribution in [0.1, 0.15) is 10.4 Å². The Bertz CT molecular complexity index is 469. The maximum absolute atomic E-state index is 11.8. The van der Waals surface area contributed by atoms with Gasteiger partial charge in [-0.25, -0.2) is 0 Å². The highest BCUT2D eigenvalue weighted by atomic mass is 79.9. The second-order valence-corrected chi connectivity index (χ2v) is 5.20. The molecule has 1 aromatic rings. The zero-order valence-corrected chi connectivity index (χ0v) is 13.5. The summed E-state index contributed by atoms with van der Waals surface area (Å²) in [4.78, 5) is 23.4. The van der Waals surface area contributed by atoms with E-state index in [-0.39, 0.29) is 18.4 Å². The molecule has 1 aromatic carbocycles. The van der Waals surface area contributed by atoms with Crippen LogP contribution < -0.4 is 16.0 Å². The van der Waals surface area contributed by atoms with Gasteiger partial charge in [0.05, 0.1) is 13.2 Å². The first-order valence-corrected chi connectivity index (χ1v) is 7.43. The highest BCUT2D eigenvalue weighted by molar-refractivity contribution is 9.10. The molecule has 0 radical (unpaired) electrons. The second kappa shape index (κ2) is 10.3. The summed E-state index contributed by atoms with van der Waals surface area (Å²) in [7, 11) is 1.64. The van der Waals surface area contributed by atoms with Crippen molar-refractivity contribution >= 4 is 27.7 Å². The van der Waals surface area contributed by atoms with Crippen LogP contribution in [-0.2, 0) is 9.53 Å². The van der Waals surface area contributed by atoms with Gasteiger partial charge < -0.3 is 20.7 Å². The summed E-state index contributed by atoms with van der Waals surface area (Å²) in [6, 6.07) is 7.00. The summed E-state index contributed by atoms with van der Waals surface area (Å²) in [5, 5.41) is 8.39. The Morgan fingerprint density at radius 2 is 2.00 bits per heavy atom. The van der Waals surface area contributed by atoms with Gasteiger partial charge in [0.2, 0.25) is 5.91 Å². The van der Waals surface area contributed by atoms with E-state index in [0.29, 0.717) is 25.3 Å². The molecule has 0 aromatic heterocycles. The summed E-state index contributed by atoms with van der Waals surface area (Å²) in [5.74, 6) is -0.489. The van der Waals surface area contributed by atoms with E-state index in [4.69, 9.17) is 4.74 Å². The van der Waals surface area contributed by atoms with Gasteiger partial charge in [0.15, 0.2) is 0 Å². The van der Waals surface area contributed by atoms with Gasteiger partial charge >= 0.3 is 0 Å². The number of halogens is 1. The fourth-order valence-electron chi connectivity index (χ4n) is 1.54. The van der Waals surface area contributed by atoms with Crippen molar-refractivity contribution in [1.82, 2.24) is 16.0 Å². The molecule has 0 atom stereocenters. The molecule has 0 aliphatic rings. The van der Waals surface area contributed by atoms with Crippen LogP contribution >= 0.6 is 15.9 Å². The minimum absolute atomic E-state index is 0.0383. The molecule has 7 heteroatoms. The number of amides is 2. The summed E-state index contributed by atoms with van der Waals surface area (Å²) >= 11 is 3.30. The molecule has 1 rings (SSSR count). The van der Waals surface area contributed by atoms with Gasteiger partial charge in [0.1, 0.15) is 0 Å². The summed E-state index contributed by atoms with van der Waals surface area (Å²) < 4.78 is 5.71. The fourth-order valence-corrected chi connectivity index (χ4v) is 1.94. The topological polar surface area (TPSA) is 79.5 Å². The van der Waals surface area contributed by atoms with E-state index in [0.717, 1.165) is 11.0 Å². The molecule has 21 heavy (non-hydrogen) atoms. The van der Waals surface area contributed by atoms with Crippen molar-refractivity contribution in [3.63, 3.8) is 0 Å². The molecule has 0 saturated carbocycles. The lowest BCUT2D eigenvalue weighted by Crippen LogP contribution is -2.39. The molecule has 0 spiro atoms. The van der Waals surface area contributed by atoms with Gasteiger partial charge in [-0.15, -0.1) is 0 Å². The molecular weight excluding hydrogens is 338 g/mol. The van der Waals surface area contributed by atoms with Gasteiger partial charge in [-0.1, -0.05) is 22.0 Å². The first-order chi connectivity index (χ1) is 10.1. The van der Waals surface area contributed by atoms with Gasteiger partial charge in [-0.3, -0.25) is 9.59 Å². The van der Waals surface area contributed by atoms with Crippen LogP contribution in [0.15, 0.2) is 28.7 Å². The van der Waals surface area contributed by atoms with E-state index < -0.39 is 0 Å². The molecule has 0 aliphatic carbocycles.